The average Bonchev–Trinajstić information content (AvgIpc) is 2.73. The van der Waals surface area contributed by atoms with Gasteiger partial charge in [0.15, 0.2) is 6.61 Å². The predicted molar refractivity (Wildman–Crippen MR) is 114 cm³/mol. The van der Waals surface area contributed by atoms with E-state index in [9.17, 15) is 9.59 Å². The number of esters is 1. The van der Waals surface area contributed by atoms with Gasteiger partial charge < -0.3 is 10.1 Å². The molecule has 0 saturated heterocycles. The molecule has 0 bridgehead atoms. The third kappa shape index (κ3) is 4.80. The minimum absolute atomic E-state index is 0.301. The molecule has 0 atom stereocenters. The van der Waals surface area contributed by atoms with Crippen LogP contribution in [-0.4, -0.2) is 30.0 Å². The van der Waals surface area contributed by atoms with E-state index in [4.69, 9.17) is 4.74 Å². The maximum Gasteiger partial charge on any atom is 0.339 e. The van der Waals surface area contributed by atoms with Crippen molar-refractivity contribution in [3.05, 3.63) is 76.5 Å². The van der Waals surface area contributed by atoms with Crippen molar-refractivity contribution < 1.29 is 14.3 Å². The van der Waals surface area contributed by atoms with E-state index in [0.717, 1.165) is 35.0 Å². The summed E-state index contributed by atoms with van der Waals surface area (Å²) in [5.74, 6) is -0.802. The molecule has 0 saturated carbocycles. The highest BCUT2D eigenvalue weighted by atomic mass is 16.5. The summed E-state index contributed by atoms with van der Waals surface area (Å²) < 4.78 is 5.33. The Morgan fingerprint density at radius 3 is 2.52 bits per heavy atom. The summed E-state index contributed by atoms with van der Waals surface area (Å²) in [5.41, 5.74) is 5.29. The summed E-state index contributed by atoms with van der Waals surface area (Å²) in [6.07, 6.45) is 1.46. The van der Waals surface area contributed by atoms with Gasteiger partial charge in [0.2, 0.25) is 0 Å². The van der Waals surface area contributed by atoms with Crippen molar-refractivity contribution in [1.82, 2.24) is 10.3 Å². The van der Waals surface area contributed by atoms with E-state index >= 15 is 0 Å². The van der Waals surface area contributed by atoms with Crippen LogP contribution in [0, 0.1) is 13.8 Å². The molecular formula is C24H26N2O3. The number of carbonyl (C=O) groups excluding carboxylic acids is 2. The van der Waals surface area contributed by atoms with E-state index in [0.29, 0.717) is 12.1 Å². The van der Waals surface area contributed by atoms with Crippen LogP contribution in [0.5, 0.6) is 0 Å². The number of amides is 1. The molecule has 0 unspecified atom stereocenters. The van der Waals surface area contributed by atoms with Gasteiger partial charge in [0.05, 0.1) is 11.1 Å². The molecule has 0 spiro atoms. The van der Waals surface area contributed by atoms with Gasteiger partial charge in [-0.25, -0.2) is 4.79 Å². The number of rotatable bonds is 7. The molecule has 1 aromatic heterocycles. The monoisotopic (exact) mass is 390 g/mol. The summed E-state index contributed by atoms with van der Waals surface area (Å²) in [7, 11) is 0. The lowest BCUT2D eigenvalue weighted by atomic mass is 10.0. The Morgan fingerprint density at radius 1 is 1.03 bits per heavy atom. The molecule has 150 valence electrons. The van der Waals surface area contributed by atoms with Gasteiger partial charge in [0.1, 0.15) is 0 Å². The largest absolute Gasteiger partial charge is 0.452 e. The predicted octanol–water partition coefficient (Wildman–Crippen LogP) is 3.93. The van der Waals surface area contributed by atoms with Crippen LogP contribution in [0.3, 0.4) is 0 Å². The Labute approximate surface area is 171 Å². The van der Waals surface area contributed by atoms with E-state index in [-0.39, 0.29) is 12.5 Å². The first-order chi connectivity index (χ1) is 14.0. The van der Waals surface area contributed by atoms with Crippen molar-refractivity contribution >= 4 is 22.8 Å². The summed E-state index contributed by atoms with van der Waals surface area (Å²) in [5, 5.41) is 3.55. The molecule has 29 heavy (non-hydrogen) atoms. The number of aryl methyl sites for hydroxylation is 2. The third-order valence-corrected chi connectivity index (χ3v) is 5.09. The fraction of sp³-hybridized carbons (Fsp3) is 0.292. The van der Waals surface area contributed by atoms with Crippen molar-refractivity contribution in [2.75, 3.05) is 13.2 Å². The highest BCUT2D eigenvalue weighted by Gasteiger charge is 2.19. The minimum atomic E-state index is -0.496. The highest BCUT2D eigenvalue weighted by Crippen LogP contribution is 2.24. The lowest BCUT2D eigenvalue weighted by Crippen LogP contribution is -2.30. The molecule has 5 nitrogen and oxygen atoms in total. The first-order valence-corrected chi connectivity index (χ1v) is 9.87. The number of pyridine rings is 1. The molecule has 0 aliphatic heterocycles. The number of hydrogen-bond donors (Lipinski definition) is 1. The third-order valence-electron chi connectivity index (χ3n) is 5.09. The smallest absolute Gasteiger partial charge is 0.339 e. The van der Waals surface area contributed by atoms with E-state index < -0.39 is 5.97 Å². The van der Waals surface area contributed by atoms with Gasteiger partial charge in [-0.2, -0.15) is 0 Å². The van der Waals surface area contributed by atoms with Gasteiger partial charge >= 0.3 is 5.97 Å². The molecule has 0 radical (unpaired) electrons. The Morgan fingerprint density at radius 2 is 1.76 bits per heavy atom. The minimum Gasteiger partial charge on any atom is -0.452 e. The van der Waals surface area contributed by atoms with Crippen molar-refractivity contribution in [1.29, 1.82) is 0 Å². The number of nitrogens with one attached hydrogen (secondary N) is 1. The Hall–Kier alpha value is -3.21. The van der Waals surface area contributed by atoms with Crippen LogP contribution in [-0.2, 0) is 22.4 Å². The maximum atomic E-state index is 12.8. The number of carbonyl (C=O) groups is 2. The van der Waals surface area contributed by atoms with E-state index in [2.05, 4.69) is 10.3 Å². The second kappa shape index (κ2) is 9.32. The zero-order chi connectivity index (χ0) is 20.8. The fourth-order valence-electron chi connectivity index (χ4n) is 3.45. The Bertz CT molecular complexity index is 1040. The molecule has 0 aliphatic carbocycles. The quantitative estimate of drug-likeness (QED) is 0.621. The second-order valence-electron chi connectivity index (χ2n) is 7.03. The average molecular weight is 390 g/mol. The number of benzene rings is 2. The SMILES string of the molecule is CCc1nc2ccccc2c(C(=O)OCC(=O)NCCc2ccccc2C)c1C. The first kappa shape index (κ1) is 20.5. The Balaban J connectivity index is 1.63. The highest BCUT2D eigenvalue weighted by molar-refractivity contribution is 6.05. The van der Waals surface area contributed by atoms with Crippen molar-refractivity contribution in [3.8, 4) is 0 Å². The molecule has 2 aromatic carbocycles. The van der Waals surface area contributed by atoms with E-state index in [1.807, 2.05) is 69.3 Å². The number of hydrogen-bond acceptors (Lipinski definition) is 4. The van der Waals surface area contributed by atoms with Crippen molar-refractivity contribution in [2.24, 2.45) is 0 Å². The lowest BCUT2D eigenvalue weighted by molar-refractivity contribution is -0.124. The number of ether oxygens (including phenoxy) is 1. The molecule has 1 N–H and O–H groups in total. The Kier molecular flexibility index (Phi) is 6.60. The van der Waals surface area contributed by atoms with E-state index in [1.54, 1.807) is 0 Å². The molecule has 5 heteroatoms. The molecule has 3 aromatic rings. The van der Waals surface area contributed by atoms with Gasteiger partial charge in [-0.1, -0.05) is 49.4 Å². The first-order valence-electron chi connectivity index (χ1n) is 9.87. The summed E-state index contributed by atoms with van der Waals surface area (Å²) in [6.45, 7) is 6.12. The standard InChI is InChI=1S/C24H26N2O3/c1-4-20-17(3)23(19-11-7-8-12-21(19)26-20)24(28)29-15-22(27)25-14-13-18-10-6-5-9-16(18)2/h5-12H,4,13-15H2,1-3H3,(H,25,27). The zero-order valence-corrected chi connectivity index (χ0v) is 17.1. The van der Waals surface area contributed by atoms with Crippen LogP contribution < -0.4 is 5.32 Å². The molecule has 0 fully saturated rings. The molecule has 3 rings (SSSR count). The number of para-hydroxylation sites is 1. The topological polar surface area (TPSA) is 68.3 Å². The van der Waals surface area contributed by atoms with Crippen LogP contribution >= 0.6 is 0 Å². The number of fused-ring (bicyclic) bond motifs is 1. The summed E-state index contributed by atoms with van der Waals surface area (Å²) in [4.78, 5) is 29.5. The van der Waals surface area contributed by atoms with Gasteiger partial charge in [0.25, 0.3) is 5.91 Å². The van der Waals surface area contributed by atoms with Gasteiger partial charge in [-0.3, -0.25) is 9.78 Å². The summed E-state index contributed by atoms with van der Waals surface area (Å²) in [6, 6.07) is 15.6. The lowest BCUT2D eigenvalue weighted by Gasteiger charge is -2.13. The van der Waals surface area contributed by atoms with Gasteiger partial charge in [0, 0.05) is 17.6 Å². The van der Waals surface area contributed by atoms with Crippen molar-refractivity contribution in [2.45, 2.75) is 33.6 Å². The normalized spacial score (nSPS) is 10.7. The summed E-state index contributed by atoms with van der Waals surface area (Å²) >= 11 is 0. The van der Waals surface area contributed by atoms with Gasteiger partial charge in [-0.15, -0.1) is 0 Å². The second-order valence-corrected chi connectivity index (χ2v) is 7.03. The van der Waals surface area contributed by atoms with Crippen molar-refractivity contribution in [3.63, 3.8) is 0 Å². The van der Waals surface area contributed by atoms with E-state index in [1.165, 1.54) is 11.1 Å². The molecular weight excluding hydrogens is 364 g/mol. The van der Waals surface area contributed by atoms with Crippen LogP contribution in [0.4, 0.5) is 0 Å². The van der Waals surface area contributed by atoms with Crippen LogP contribution in [0.1, 0.15) is 39.7 Å². The number of aromatic nitrogens is 1. The molecule has 0 aliphatic rings. The maximum absolute atomic E-state index is 12.8. The fourth-order valence-corrected chi connectivity index (χ4v) is 3.45. The van der Waals surface area contributed by atoms with Gasteiger partial charge in [-0.05, 0) is 49.4 Å². The van der Waals surface area contributed by atoms with Crippen LogP contribution in [0.25, 0.3) is 10.9 Å². The van der Waals surface area contributed by atoms with Crippen LogP contribution in [0.15, 0.2) is 48.5 Å². The van der Waals surface area contributed by atoms with Crippen LogP contribution in [0.2, 0.25) is 0 Å². The zero-order valence-electron chi connectivity index (χ0n) is 17.1. The molecule has 1 heterocycles. The number of nitrogens with zero attached hydrogens (tertiary/aromatic N) is 1. The molecule has 1 amide bonds.